The molecule has 0 radical (unpaired) electrons. The minimum atomic E-state index is -1.16. The molecular formula is C12H11Cl2FO4. The topological polar surface area (TPSA) is 52.6 Å². The van der Waals surface area contributed by atoms with Gasteiger partial charge in [0.2, 0.25) is 6.29 Å². The molecule has 0 N–H and O–H groups in total. The maximum atomic E-state index is 13.3. The highest BCUT2D eigenvalue weighted by Crippen LogP contribution is 2.28. The first-order valence-electron chi connectivity index (χ1n) is 5.17. The van der Waals surface area contributed by atoms with Crippen molar-refractivity contribution in [3.63, 3.8) is 0 Å². The lowest BCUT2D eigenvalue weighted by atomic mass is 10.1. The van der Waals surface area contributed by atoms with Crippen molar-refractivity contribution in [2.45, 2.75) is 12.7 Å². The van der Waals surface area contributed by atoms with Crippen LogP contribution in [-0.4, -0.2) is 32.1 Å². The molecule has 0 atom stereocenters. The minimum absolute atomic E-state index is 0.0180. The van der Waals surface area contributed by atoms with Crippen LogP contribution in [0.5, 0.6) is 0 Å². The molecule has 4 nitrogen and oxygen atoms in total. The van der Waals surface area contributed by atoms with Crippen LogP contribution in [0.4, 0.5) is 4.39 Å². The first-order valence-corrected chi connectivity index (χ1v) is 5.93. The molecular weight excluding hydrogens is 298 g/mol. The summed E-state index contributed by atoms with van der Waals surface area (Å²) in [5.41, 5.74) is -0.220. The van der Waals surface area contributed by atoms with Crippen molar-refractivity contribution in [3.8, 4) is 0 Å². The van der Waals surface area contributed by atoms with Crippen LogP contribution in [-0.2, 0) is 14.3 Å². The molecule has 0 spiro atoms. The molecule has 7 heteroatoms. The molecule has 0 aliphatic heterocycles. The summed E-state index contributed by atoms with van der Waals surface area (Å²) in [7, 11) is 2.53. The van der Waals surface area contributed by atoms with Gasteiger partial charge in [0.1, 0.15) is 5.82 Å². The SMILES string of the molecule is COC(OC)C(=O)CC(=O)c1c(Cl)ccc(F)c1Cl. The number of rotatable bonds is 6. The average Bonchev–Trinajstić information content (AvgIpc) is 2.36. The van der Waals surface area contributed by atoms with Gasteiger partial charge in [-0.05, 0) is 12.1 Å². The Bertz CT molecular complexity index is 501. The van der Waals surface area contributed by atoms with E-state index in [9.17, 15) is 14.0 Å². The Hall–Kier alpha value is -1.01. The van der Waals surface area contributed by atoms with Gasteiger partial charge in [-0.25, -0.2) is 4.39 Å². The molecule has 0 unspecified atom stereocenters. The van der Waals surface area contributed by atoms with Crippen molar-refractivity contribution < 1.29 is 23.5 Å². The third kappa shape index (κ3) is 3.73. The summed E-state index contributed by atoms with van der Waals surface area (Å²) in [4.78, 5) is 23.6. The number of ketones is 2. The van der Waals surface area contributed by atoms with E-state index < -0.39 is 35.1 Å². The predicted molar refractivity (Wildman–Crippen MR) is 68.2 cm³/mol. The van der Waals surface area contributed by atoms with Crippen LogP contribution in [0, 0.1) is 5.82 Å². The van der Waals surface area contributed by atoms with Gasteiger partial charge in [0.05, 0.1) is 22.0 Å². The molecule has 0 aliphatic rings. The molecule has 1 aromatic rings. The van der Waals surface area contributed by atoms with Gasteiger partial charge >= 0.3 is 0 Å². The molecule has 0 aromatic heterocycles. The lowest BCUT2D eigenvalue weighted by Gasteiger charge is -2.12. The molecule has 0 amide bonds. The second-order valence-electron chi connectivity index (χ2n) is 3.59. The largest absolute Gasteiger partial charge is 0.349 e. The number of hydrogen-bond acceptors (Lipinski definition) is 4. The first-order chi connectivity index (χ1) is 8.92. The molecule has 1 rings (SSSR count). The van der Waals surface area contributed by atoms with E-state index in [-0.39, 0.29) is 10.6 Å². The maximum absolute atomic E-state index is 13.3. The summed E-state index contributed by atoms with van der Waals surface area (Å²) in [6.45, 7) is 0. The molecule has 104 valence electrons. The van der Waals surface area contributed by atoms with E-state index in [1.54, 1.807) is 0 Å². The van der Waals surface area contributed by atoms with Gasteiger partial charge in [-0.1, -0.05) is 23.2 Å². The van der Waals surface area contributed by atoms with Crippen LogP contribution in [0.25, 0.3) is 0 Å². The Morgan fingerprint density at radius 3 is 2.37 bits per heavy atom. The van der Waals surface area contributed by atoms with Gasteiger partial charge in [-0.15, -0.1) is 0 Å². The summed E-state index contributed by atoms with van der Waals surface area (Å²) in [5.74, 6) is -2.08. The van der Waals surface area contributed by atoms with Crippen molar-refractivity contribution in [1.82, 2.24) is 0 Å². The summed E-state index contributed by atoms with van der Waals surface area (Å²) in [5, 5.41) is -0.424. The predicted octanol–water partition coefficient (Wildman–Crippen LogP) is 2.89. The Labute approximate surface area is 119 Å². The smallest absolute Gasteiger partial charge is 0.217 e. The lowest BCUT2D eigenvalue weighted by Crippen LogP contribution is -2.27. The highest BCUT2D eigenvalue weighted by molar-refractivity contribution is 6.40. The van der Waals surface area contributed by atoms with Gasteiger partial charge in [0.25, 0.3) is 0 Å². The van der Waals surface area contributed by atoms with Crippen molar-refractivity contribution in [2.24, 2.45) is 0 Å². The second-order valence-corrected chi connectivity index (χ2v) is 4.37. The van der Waals surface area contributed by atoms with Crippen molar-refractivity contribution in [3.05, 3.63) is 33.6 Å². The fourth-order valence-corrected chi connectivity index (χ4v) is 2.05. The fourth-order valence-electron chi connectivity index (χ4n) is 1.47. The maximum Gasteiger partial charge on any atom is 0.217 e. The van der Waals surface area contributed by atoms with E-state index in [0.29, 0.717) is 0 Å². The van der Waals surface area contributed by atoms with Crippen LogP contribution in [0.2, 0.25) is 10.0 Å². The molecule has 0 saturated heterocycles. The molecule has 0 fully saturated rings. The molecule has 19 heavy (non-hydrogen) atoms. The van der Waals surface area contributed by atoms with E-state index in [2.05, 4.69) is 0 Å². The fraction of sp³-hybridized carbons (Fsp3) is 0.333. The van der Waals surface area contributed by atoms with Crippen molar-refractivity contribution >= 4 is 34.8 Å². The second kappa shape index (κ2) is 6.96. The van der Waals surface area contributed by atoms with Gasteiger partial charge in [-0.2, -0.15) is 0 Å². The molecule has 0 saturated carbocycles. The Morgan fingerprint density at radius 2 is 1.84 bits per heavy atom. The Balaban J connectivity index is 2.96. The number of carbonyl (C=O) groups excluding carboxylic acids is 2. The zero-order valence-corrected chi connectivity index (χ0v) is 11.7. The van der Waals surface area contributed by atoms with Crippen LogP contribution in [0.1, 0.15) is 16.8 Å². The van der Waals surface area contributed by atoms with Crippen LogP contribution >= 0.6 is 23.2 Å². The average molecular weight is 309 g/mol. The number of hydrogen-bond donors (Lipinski definition) is 0. The standard InChI is InChI=1S/C12H11Cl2FO4/c1-18-12(19-2)9(17)5-8(16)10-6(13)3-4-7(15)11(10)14/h3-4,12H,5H2,1-2H3. The normalized spacial score (nSPS) is 10.8. The third-order valence-electron chi connectivity index (χ3n) is 2.35. The van der Waals surface area contributed by atoms with Gasteiger partial charge in [-0.3, -0.25) is 9.59 Å². The number of halogens is 3. The highest BCUT2D eigenvalue weighted by atomic mass is 35.5. The van der Waals surface area contributed by atoms with E-state index in [1.807, 2.05) is 0 Å². The van der Waals surface area contributed by atoms with E-state index >= 15 is 0 Å². The van der Waals surface area contributed by atoms with Crippen LogP contribution < -0.4 is 0 Å². The Morgan fingerprint density at radius 1 is 1.26 bits per heavy atom. The minimum Gasteiger partial charge on any atom is -0.349 e. The van der Waals surface area contributed by atoms with E-state index in [4.69, 9.17) is 32.7 Å². The van der Waals surface area contributed by atoms with Gasteiger partial charge in [0.15, 0.2) is 11.6 Å². The number of ether oxygens (including phenoxy) is 2. The van der Waals surface area contributed by atoms with E-state index in [1.165, 1.54) is 20.3 Å². The summed E-state index contributed by atoms with van der Waals surface area (Å²) >= 11 is 11.5. The molecule has 0 bridgehead atoms. The van der Waals surface area contributed by atoms with Crippen LogP contribution in [0.15, 0.2) is 12.1 Å². The summed E-state index contributed by atoms with van der Waals surface area (Å²) in [6, 6.07) is 2.24. The molecule has 1 aromatic carbocycles. The number of Topliss-reactive ketones (excluding diaryl/α,β-unsaturated/α-hetero) is 2. The summed E-state index contributed by atoms with van der Waals surface area (Å²) in [6.07, 6.45) is -1.70. The van der Waals surface area contributed by atoms with Crippen molar-refractivity contribution in [1.29, 1.82) is 0 Å². The highest BCUT2D eigenvalue weighted by Gasteiger charge is 2.24. The Kier molecular flexibility index (Phi) is 5.87. The van der Waals surface area contributed by atoms with E-state index in [0.717, 1.165) is 6.07 Å². The van der Waals surface area contributed by atoms with Gasteiger partial charge < -0.3 is 9.47 Å². The lowest BCUT2D eigenvalue weighted by molar-refractivity contribution is -0.155. The molecule has 0 heterocycles. The summed E-state index contributed by atoms with van der Waals surface area (Å²) < 4.78 is 22.7. The monoisotopic (exact) mass is 308 g/mol. The van der Waals surface area contributed by atoms with Gasteiger partial charge in [0, 0.05) is 14.2 Å². The van der Waals surface area contributed by atoms with Crippen LogP contribution in [0.3, 0.4) is 0 Å². The number of carbonyl (C=O) groups is 2. The van der Waals surface area contributed by atoms with Crippen molar-refractivity contribution in [2.75, 3.05) is 14.2 Å². The molecule has 0 aliphatic carbocycles. The zero-order valence-electron chi connectivity index (χ0n) is 10.2. The number of benzene rings is 1. The zero-order chi connectivity index (χ0) is 14.6. The quantitative estimate of drug-likeness (QED) is 0.351. The number of methoxy groups -OCH3 is 2. The third-order valence-corrected chi connectivity index (χ3v) is 3.03. The first kappa shape index (κ1) is 16.0.